The highest BCUT2D eigenvalue weighted by molar-refractivity contribution is 9.10. The van der Waals surface area contributed by atoms with Gasteiger partial charge < -0.3 is 4.74 Å². The average Bonchev–Trinajstić information content (AvgIpc) is 2.31. The van der Waals surface area contributed by atoms with E-state index >= 15 is 0 Å². The summed E-state index contributed by atoms with van der Waals surface area (Å²) in [5.41, 5.74) is 0.440. The number of anilines is 1. The molecule has 1 aromatic heterocycles. The zero-order chi connectivity index (χ0) is 14.0. The number of nitrogens with one attached hydrogen (secondary N) is 1. The van der Waals surface area contributed by atoms with Crippen molar-refractivity contribution in [3.63, 3.8) is 0 Å². The van der Waals surface area contributed by atoms with Gasteiger partial charge in [0.15, 0.2) is 0 Å². The Hall–Kier alpha value is -0.700. The van der Waals surface area contributed by atoms with Crippen LogP contribution in [0.1, 0.15) is 13.8 Å². The Bertz CT molecular complexity index is 525. The van der Waals surface area contributed by atoms with E-state index in [2.05, 4.69) is 25.6 Å². The van der Waals surface area contributed by atoms with Gasteiger partial charge in [-0.05, 0) is 41.9 Å². The van der Waals surface area contributed by atoms with Gasteiger partial charge >= 0.3 is 10.2 Å². The lowest BCUT2D eigenvalue weighted by atomic mass is 10.3. The van der Waals surface area contributed by atoms with Crippen LogP contribution >= 0.6 is 15.9 Å². The van der Waals surface area contributed by atoms with Crippen molar-refractivity contribution in [3.8, 4) is 0 Å². The van der Waals surface area contributed by atoms with Crippen LogP contribution in [0.5, 0.6) is 0 Å². The monoisotopic (exact) mass is 349 g/mol. The number of pyridine rings is 1. The first kappa shape index (κ1) is 14.7. The number of nitrogens with zero attached hydrogens (tertiary/aromatic N) is 2. The van der Waals surface area contributed by atoms with Gasteiger partial charge in [0.05, 0.1) is 24.1 Å². The zero-order valence-corrected chi connectivity index (χ0v) is 13.1. The fourth-order valence-corrected chi connectivity index (χ4v) is 3.57. The molecule has 1 aliphatic rings. The highest BCUT2D eigenvalue weighted by Crippen LogP contribution is 2.17. The second kappa shape index (κ2) is 5.74. The van der Waals surface area contributed by atoms with Crippen LogP contribution in [-0.4, -0.2) is 43.0 Å². The molecule has 2 rings (SSSR count). The predicted octanol–water partition coefficient (Wildman–Crippen LogP) is 1.61. The van der Waals surface area contributed by atoms with Crippen molar-refractivity contribution < 1.29 is 13.2 Å². The van der Waals surface area contributed by atoms with Crippen molar-refractivity contribution in [2.45, 2.75) is 26.1 Å². The van der Waals surface area contributed by atoms with E-state index in [0.717, 1.165) is 0 Å². The van der Waals surface area contributed by atoms with Crippen LogP contribution in [-0.2, 0) is 14.9 Å². The number of hydrogen-bond donors (Lipinski definition) is 1. The van der Waals surface area contributed by atoms with Crippen LogP contribution < -0.4 is 4.72 Å². The maximum absolute atomic E-state index is 12.3. The summed E-state index contributed by atoms with van der Waals surface area (Å²) in [4.78, 5) is 3.98. The first-order chi connectivity index (χ1) is 8.87. The van der Waals surface area contributed by atoms with Crippen molar-refractivity contribution in [1.29, 1.82) is 0 Å². The van der Waals surface area contributed by atoms with Crippen LogP contribution in [0, 0.1) is 0 Å². The summed E-state index contributed by atoms with van der Waals surface area (Å²) in [6.07, 6.45) is 1.25. The molecule has 1 aliphatic heterocycles. The summed E-state index contributed by atoms with van der Waals surface area (Å²) < 4.78 is 34.6. The SMILES string of the molecule is CC1CN(S(=O)(=O)Nc2ccc(Br)nc2)CC(C)O1. The minimum atomic E-state index is -3.57. The van der Waals surface area contributed by atoms with Crippen molar-refractivity contribution >= 4 is 31.8 Å². The molecule has 0 aliphatic carbocycles. The van der Waals surface area contributed by atoms with Gasteiger partial charge in [0.2, 0.25) is 0 Å². The third kappa shape index (κ3) is 3.88. The summed E-state index contributed by atoms with van der Waals surface area (Å²) >= 11 is 3.20. The summed E-state index contributed by atoms with van der Waals surface area (Å²) in [6.45, 7) is 4.42. The molecule has 19 heavy (non-hydrogen) atoms. The van der Waals surface area contributed by atoms with Gasteiger partial charge in [-0.1, -0.05) is 0 Å². The van der Waals surface area contributed by atoms with Gasteiger partial charge in [0.25, 0.3) is 0 Å². The molecular weight excluding hydrogens is 334 g/mol. The molecule has 0 saturated carbocycles. The summed E-state index contributed by atoms with van der Waals surface area (Å²) in [5, 5.41) is 0. The Morgan fingerprint density at radius 1 is 1.37 bits per heavy atom. The Morgan fingerprint density at radius 3 is 2.53 bits per heavy atom. The summed E-state index contributed by atoms with van der Waals surface area (Å²) in [6, 6.07) is 3.34. The third-order valence-electron chi connectivity index (χ3n) is 2.70. The van der Waals surface area contributed by atoms with E-state index in [-0.39, 0.29) is 12.2 Å². The highest BCUT2D eigenvalue weighted by atomic mass is 79.9. The van der Waals surface area contributed by atoms with Gasteiger partial charge in [0.1, 0.15) is 4.60 Å². The fraction of sp³-hybridized carbons (Fsp3) is 0.545. The Labute approximate surface area is 121 Å². The third-order valence-corrected chi connectivity index (χ3v) is 4.64. The molecule has 1 fully saturated rings. The lowest BCUT2D eigenvalue weighted by molar-refractivity contribution is -0.0439. The van der Waals surface area contributed by atoms with Crippen LogP contribution in [0.15, 0.2) is 22.9 Å². The second-order valence-electron chi connectivity index (χ2n) is 4.55. The highest BCUT2D eigenvalue weighted by Gasteiger charge is 2.30. The van der Waals surface area contributed by atoms with E-state index < -0.39 is 10.2 Å². The van der Waals surface area contributed by atoms with Crippen LogP contribution in [0.4, 0.5) is 5.69 Å². The van der Waals surface area contributed by atoms with Crippen LogP contribution in [0.2, 0.25) is 0 Å². The maximum atomic E-state index is 12.3. The topological polar surface area (TPSA) is 71.5 Å². The number of aromatic nitrogens is 1. The molecule has 0 aromatic carbocycles. The molecule has 1 aromatic rings. The first-order valence-corrected chi connectivity index (χ1v) is 8.15. The summed E-state index contributed by atoms with van der Waals surface area (Å²) in [7, 11) is -3.57. The van der Waals surface area contributed by atoms with Crippen molar-refractivity contribution in [2.24, 2.45) is 0 Å². The molecular formula is C11H16BrN3O3S. The van der Waals surface area contributed by atoms with Gasteiger partial charge in [-0.2, -0.15) is 12.7 Å². The van der Waals surface area contributed by atoms with Crippen molar-refractivity contribution in [2.75, 3.05) is 17.8 Å². The standard InChI is InChI=1S/C11H16BrN3O3S/c1-8-6-15(7-9(2)18-8)19(16,17)14-10-3-4-11(12)13-5-10/h3-5,8-9,14H,6-7H2,1-2H3. The van der Waals surface area contributed by atoms with E-state index in [0.29, 0.717) is 23.4 Å². The van der Waals surface area contributed by atoms with Crippen LogP contribution in [0.3, 0.4) is 0 Å². The number of rotatable bonds is 3. The minimum absolute atomic E-state index is 0.108. The summed E-state index contributed by atoms with van der Waals surface area (Å²) in [5.74, 6) is 0. The molecule has 0 spiro atoms. The molecule has 0 radical (unpaired) electrons. The lowest BCUT2D eigenvalue weighted by Crippen LogP contribution is -2.49. The molecule has 2 unspecified atom stereocenters. The largest absolute Gasteiger partial charge is 0.373 e. The fourth-order valence-electron chi connectivity index (χ4n) is 1.98. The Kier molecular flexibility index (Phi) is 4.44. The number of ether oxygens (including phenoxy) is 1. The Morgan fingerprint density at radius 2 is 2.00 bits per heavy atom. The maximum Gasteiger partial charge on any atom is 0.301 e. The molecule has 8 heteroatoms. The average molecular weight is 350 g/mol. The van der Waals surface area contributed by atoms with Crippen molar-refractivity contribution in [1.82, 2.24) is 9.29 Å². The van der Waals surface area contributed by atoms with E-state index in [4.69, 9.17) is 4.74 Å². The van der Waals surface area contributed by atoms with Crippen molar-refractivity contribution in [3.05, 3.63) is 22.9 Å². The smallest absolute Gasteiger partial charge is 0.301 e. The molecule has 6 nitrogen and oxygen atoms in total. The molecule has 2 atom stereocenters. The molecule has 1 saturated heterocycles. The van der Waals surface area contributed by atoms with E-state index in [1.807, 2.05) is 13.8 Å². The predicted molar refractivity (Wildman–Crippen MR) is 76.1 cm³/mol. The minimum Gasteiger partial charge on any atom is -0.373 e. The van der Waals surface area contributed by atoms with E-state index in [1.165, 1.54) is 10.5 Å². The van der Waals surface area contributed by atoms with Gasteiger partial charge in [-0.25, -0.2) is 4.98 Å². The number of halogens is 1. The normalized spacial score (nSPS) is 25.2. The molecule has 0 amide bonds. The second-order valence-corrected chi connectivity index (χ2v) is 7.03. The van der Waals surface area contributed by atoms with E-state index in [1.54, 1.807) is 12.1 Å². The molecule has 1 N–H and O–H groups in total. The first-order valence-electron chi connectivity index (χ1n) is 5.92. The molecule has 106 valence electrons. The Balaban J connectivity index is 2.11. The van der Waals surface area contributed by atoms with Gasteiger partial charge in [-0.15, -0.1) is 0 Å². The number of hydrogen-bond acceptors (Lipinski definition) is 4. The van der Waals surface area contributed by atoms with E-state index in [9.17, 15) is 8.42 Å². The quantitative estimate of drug-likeness (QED) is 0.841. The van der Waals surface area contributed by atoms with Crippen LogP contribution in [0.25, 0.3) is 0 Å². The molecule has 2 heterocycles. The molecule has 0 bridgehead atoms. The van der Waals surface area contributed by atoms with Gasteiger partial charge in [-0.3, -0.25) is 4.72 Å². The zero-order valence-electron chi connectivity index (χ0n) is 10.7. The van der Waals surface area contributed by atoms with Gasteiger partial charge in [0, 0.05) is 13.1 Å². The lowest BCUT2D eigenvalue weighted by Gasteiger charge is -2.34. The number of morpholine rings is 1.